The van der Waals surface area contributed by atoms with E-state index in [9.17, 15) is 8.42 Å². The van der Waals surface area contributed by atoms with Gasteiger partial charge in [0.1, 0.15) is 11.5 Å². The summed E-state index contributed by atoms with van der Waals surface area (Å²) in [5, 5.41) is 0. The lowest BCUT2D eigenvalue weighted by atomic mass is 10.1. The van der Waals surface area contributed by atoms with Crippen LogP contribution in [0, 0.1) is 6.92 Å². The summed E-state index contributed by atoms with van der Waals surface area (Å²) >= 11 is 0. The molecule has 0 saturated carbocycles. The minimum absolute atomic E-state index is 0.0452. The molecule has 0 aliphatic carbocycles. The number of nitrogens with one attached hydrogen (secondary N) is 1. The molecule has 0 fully saturated rings. The standard InChI is InChI=1S/C19H25NO4S/c1-14(2)24-19-10-9-18(13-15(19)3)25(21,22)20-12-11-16-5-7-17(23-4)8-6-16/h5-10,13-14,20H,11-12H2,1-4H3. The molecule has 0 aromatic heterocycles. The third-order valence-corrected chi connectivity index (χ3v) is 5.14. The van der Waals surface area contributed by atoms with Crippen LogP contribution < -0.4 is 14.2 Å². The highest BCUT2D eigenvalue weighted by Gasteiger charge is 2.15. The molecule has 1 N–H and O–H groups in total. The predicted octanol–water partition coefficient (Wildman–Crippen LogP) is 3.31. The Morgan fingerprint density at radius 2 is 1.76 bits per heavy atom. The second-order valence-electron chi connectivity index (χ2n) is 6.09. The van der Waals surface area contributed by atoms with Crippen LogP contribution in [0.4, 0.5) is 0 Å². The molecule has 0 saturated heterocycles. The van der Waals surface area contributed by atoms with E-state index in [4.69, 9.17) is 9.47 Å². The van der Waals surface area contributed by atoms with Gasteiger partial charge in [0.15, 0.2) is 0 Å². The van der Waals surface area contributed by atoms with Crippen LogP contribution in [-0.4, -0.2) is 28.2 Å². The summed E-state index contributed by atoms with van der Waals surface area (Å²) in [5.74, 6) is 1.48. The van der Waals surface area contributed by atoms with Crippen molar-refractivity contribution in [2.45, 2.75) is 38.2 Å². The highest BCUT2D eigenvalue weighted by molar-refractivity contribution is 7.89. The lowest BCUT2D eigenvalue weighted by Crippen LogP contribution is -2.26. The number of aryl methyl sites for hydroxylation is 1. The highest BCUT2D eigenvalue weighted by Crippen LogP contribution is 2.22. The van der Waals surface area contributed by atoms with E-state index in [0.29, 0.717) is 18.7 Å². The van der Waals surface area contributed by atoms with Gasteiger partial charge in [0.05, 0.1) is 18.1 Å². The molecular weight excluding hydrogens is 338 g/mol. The van der Waals surface area contributed by atoms with Gasteiger partial charge in [-0.25, -0.2) is 13.1 Å². The van der Waals surface area contributed by atoms with Crippen LogP contribution in [0.1, 0.15) is 25.0 Å². The zero-order valence-corrected chi connectivity index (χ0v) is 15.9. The van der Waals surface area contributed by atoms with Gasteiger partial charge in [-0.15, -0.1) is 0 Å². The van der Waals surface area contributed by atoms with Crippen molar-refractivity contribution in [3.05, 3.63) is 53.6 Å². The molecule has 0 aliphatic rings. The Kier molecular flexibility index (Phi) is 6.45. The first kappa shape index (κ1) is 19.3. The largest absolute Gasteiger partial charge is 0.497 e. The van der Waals surface area contributed by atoms with E-state index in [-0.39, 0.29) is 11.0 Å². The number of sulfonamides is 1. The van der Waals surface area contributed by atoms with Crippen LogP contribution in [0.5, 0.6) is 11.5 Å². The van der Waals surface area contributed by atoms with Gasteiger partial charge in [-0.1, -0.05) is 12.1 Å². The maximum atomic E-state index is 12.4. The van der Waals surface area contributed by atoms with Crippen molar-refractivity contribution in [3.63, 3.8) is 0 Å². The fourth-order valence-corrected chi connectivity index (χ4v) is 3.50. The number of rotatable bonds is 8. The van der Waals surface area contributed by atoms with Gasteiger partial charge < -0.3 is 9.47 Å². The molecule has 0 aliphatic heterocycles. The van der Waals surface area contributed by atoms with Gasteiger partial charge in [-0.3, -0.25) is 0 Å². The summed E-state index contributed by atoms with van der Waals surface area (Å²) in [6.07, 6.45) is 0.653. The average Bonchev–Trinajstić information content (AvgIpc) is 2.56. The second kappa shape index (κ2) is 8.36. The molecule has 0 atom stereocenters. The minimum atomic E-state index is -3.54. The van der Waals surface area contributed by atoms with Gasteiger partial charge in [0.25, 0.3) is 0 Å². The lowest BCUT2D eigenvalue weighted by molar-refractivity contribution is 0.240. The van der Waals surface area contributed by atoms with E-state index in [1.54, 1.807) is 25.3 Å². The Morgan fingerprint density at radius 1 is 1.08 bits per heavy atom. The molecular formula is C19H25NO4S. The summed E-state index contributed by atoms with van der Waals surface area (Å²) in [6.45, 7) is 6.04. The minimum Gasteiger partial charge on any atom is -0.497 e. The van der Waals surface area contributed by atoms with Crippen molar-refractivity contribution in [1.82, 2.24) is 4.72 Å². The van der Waals surface area contributed by atoms with Gasteiger partial charge in [-0.2, -0.15) is 0 Å². The van der Waals surface area contributed by atoms with E-state index in [0.717, 1.165) is 16.9 Å². The molecule has 136 valence electrons. The normalized spacial score (nSPS) is 11.6. The quantitative estimate of drug-likeness (QED) is 0.781. The van der Waals surface area contributed by atoms with Crippen molar-refractivity contribution < 1.29 is 17.9 Å². The van der Waals surface area contributed by atoms with Gasteiger partial charge in [0.2, 0.25) is 10.0 Å². The molecule has 0 unspecified atom stereocenters. The molecule has 0 radical (unpaired) electrons. The topological polar surface area (TPSA) is 64.6 Å². The number of benzene rings is 2. The Morgan fingerprint density at radius 3 is 2.32 bits per heavy atom. The maximum absolute atomic E-state index is 12.4. The SMILES string of the molecule is COc1ccc(CCNS(=O)(=O)c2ccc(OC(C)C)c(C)c2)cc1. The van der Waals surface area contributed by atoms with Crippen LogP contribution in [0.3, 0.4) is 0 Å². The molecule has 25 heavy (non-hydrogen) atoms. The van der Waals surface area contributed by atoms with Crippen molar-refractivity contribution in [2.24, 2.45) is 0 Å². The van der Waals surface area contributed by atoms with E-state index in [1.807, 2.05) is 45.0 Å². The fraction of sp³-hybridized carbons (Fsp3) is 0.368. The predicted molar refractivity (Wildman–Crippen MR) is 98.8 cm³/mol. The number of hydrogen-bond acceptors (Lipinski definition) is 4. The van der Waals surface area contributed by atoms with E-state index < -0.39 is 10.0 Å². The summed E-state index contributed by atoms with van der Waals surface area (Å²) in [6, 6.07) is 12.5. The summed E-state index contributed by atoms with van der Waals surface area (Å²) in [4.78, 5) is 0.246. The Hall–Kier alpha value is -2.05. The summed E-state index contributed by atoms with van der Waals surface area (Å²) in [7, 11) is -1.93. The molecule has 2 aromatic rings. The van der Waals surface area contributed by atoms with Crippen LogP contribution in [0.25, 0.3) is 0 Å². The molecule has 5 nitrogen and oxygen atoms in total. The Bertz CT molecular complexity index is 799. The van der Waals surface area contributed by atoms with Crippen molar-refractivity contribution in [3.8, 4) is 11.5 Å². The van der Waals surface area contributed by atoms with Crippen molar-refractivity contribution >= 4 is 10.0 Å². The van der Waals surface area contributed by atoms with Gasteiger partial charge in [0, 0.05) is 6.54 Å². The van der Waals surface area contributed by atoms with Gasteiger partial charge in [-0.05, 0) is 68.7 Å². The monoisotopic (exact) mass is 363 g/mol. The Balaban J connectivity index is 1.99. The highest BCUT2D eigenvalue weighted by atomic mass is 32.2. The molecule has 0 spiro atoms. The first-order chi connectivity index (χ1) is 11.8. The fourth-order valence-electron chi connectivity index (χ4n) is 2.38. The molecule has 0 heterocycles. The molecule has 0 amide bonds. The molecule has 2 aromatic carbocycles. The smallest absolute Gasteiger partial charge is 0.240 e. The Labute approximate surface area is 150 Å². The first-order valence-electron chi connectivity index (χ1n) is 8.21. The summed E-state index contributed by atoms with van der Waals surface area (Å²) in [5.41, 5.74) is 1.84. The van der Waals surface area contributed by atoms with E-state index in [1.165, 1.54) is 0 Å². The summed E-state index contributed by atoms with van der Waals surface area (Å²) < 4.78 is 38.3. The van der Waals surface area contributed by atoms with Crippen LogP contribution >= 0.6 is 0 Å². The second-order valence-corrected chi connectivity index (χ2v) is 7.86. The molecule has 2 rings (SSSR count). The first-order valence-corrected chi connectivity index (χ1v) is 9.70. The van der Waals surface area contributed by atoms with E-state index >= 15 is 0 Å². The molecule has 0 bridgehead atoms. The third-order valence-electron chi connectivity index (χ3n) is 3.68. The number of hydrogen-bond donors (Lipinski definition) is 1. The zero-order valence-electron chi connectivity index (χ0n) is 15.1. The third kappa shape index (κ3) is 5.47. The lowest BCUT2D eigenvalue weighted by Gasteiger charge is -2.14. The van der Waals surface area contributed by atoms with Gasteiger partial charge >= 0.3 is 0 Å². The van der Waals surface area contributed by atoms with Crippen LogP contribution in [-0.2, 0) is 16.4 Å². The number of methoxy groups -OCH3 is 1. The van der Waals surface area contributed by atoms with Crippen LogP contribution in [0.15, 0.2) is 47.4 Å². The average molecular weight is 363 g/mol. The van der Waals surface area contributed by atoms with Crippen molar-refractivity contribution in [1.29, 1.82) is 0 Å². The number of ether oxygens (including phenoxy) is 2. The maximum Gasteiger partial charge on any atom is 0.240 e. The van der Waals surface area contributed by atoms with Crippen molar-refractivity contribution in [2.75, 3.05) is 13.7 Å². The van der Waals surface area contributed by atoms with E-state index in [2.05, 4.69) is 4.72 Å². The zero-order chi connectivity index (χ0) is 18.4. The van der Waals surface area contributed by atoms with Crippen LogP contribution in [0.2, 0.25) is 0 Å². The molecule has 6 heteroatoms.